The Morgan fingerprint density at radius 1 is 1.68 bits per heavy atom. The van der Waals surface area contributed by atoms with Gasteiger partial charge in [0.1, 0.15) is 0 Å². The molecule has 0 saturated carbocycles. The zero-order valence-corrected chi connectivity index (χ0v) is 12.2. The van der Waals surface area contributed by atoms with Crippen molar-refractivity contribution in [3.8, 4) is 0 Å². The summed E-state index contributed by atoms with van der Waals surface area (Å²) in [5.74, 6) is 0. The van der Waals surface area contributed by atoms with Gasteiger partial charge in [-0.3, -0.25) is 0 Å². The molecule has 106 valence electrons. The molecule has 19 heavy (non-hydrogen) atoms. The molecule has 1 aliphatic rings. The van der Waals surface area contributed by atoms with Crippen LogP contribution in [0.3, 0.4) is 0 Å². The summed E-state index contributed by atoms with van der Waals surface area (Å²) in [6, 6.07) is -0.512. The topological polar surface area (TPSA) is 99.6 Å². The van der Waals surface area contributed by atoms with Gasteiger partial charge in [-0.1, -0.05) is 0 Å². The van der Waals surface area contributed by atoms with E-state index < -0.39 is 27.7 Å². The molecule has 2 rings (SSSR count). The molecule has 2 heterocycles. The molecule has 1 amide bonds. The van der Waals surface area contributed by atoms with Crippen molar-refractivity contribution in [1.29, 1.82) is 0 Å². The predicted molar refractivity (Wildman–Crippen MR) is 70.6 cm³/mol. The summed E-state index contributed by atoms with van der Waals surface area (Å²) in [5.41, 5.74) is 1.20. The molecule has 1 aliphatic heterocycles. The van der Waals surface area contributed by atoms with E-state index in [4.69, 9.17) is 5.11 Å². The van der Waals surface area contributed by atoms with Crippen LogP contribution in [0.2, 0.25) is 0 Å². The molecule has 2 unspecified atom stereocenters. The molecule has 1 aromatic rings. The number of hydrogen-bond acceptors (Lipinski definition) is 5. The van der Waals surface area contributed by atoms with Crippen LogP contribution in [-0.2, 0) is 15.6 Å². The highest BCUT2D eigenvalue weighted by molar-refractivity contribution is 7.88. The lowest BCUT2D eigenvalue weighted by atomic mass is 9.89. The second-order valence-electron chi connectivity index (χ2n) is 4.62. The minimum absolute atomic E-state index is 0.274. The maximum absolute atomic E-state index is 11.6. The van der Waals surface area contributed by atoms with Gasteiger partial charge in [0, 0.05) is 11.9 Å². The van der Waals surface area contributed by atoms with E-state index in [9.17, 15) is 13.2 Å². The van der Waals surface area contributed by atoms with Crippen molar-refractivity contribution >= 4 is 27.5 Å². The van der Waals surface area contributed by atoms with Crippen molar-refractivity contribution in [2.45, 2.75) is 24.9 Å². The van der Waals surface area contributed by atoms with E-state index in [1.165, 1.54) is 16.2 Å². The first-order chi connectivity index (χ1) is 8.76. The van der Waals surface area contributed by atoms with Crippen LogP contribution in [-0.4, -0.2) is 48.3 Å². The Hall–Kier alpha value is -1.19. The molecule has 1 aromatic heterocycles. The van der Waals surface area contributed by atoms with Crippen molar-refractivity contribution in [3.63, 3.8) is 0 Å². The fourth-order valence-electron chi connectivity index (χ4n) is 2.52. The van der Waals surface area contributed by atoms with E-state index >= 15 is 0 Å². The number of rotatable bonds is 3. The highest BCUT2D eigenvalue weighted by Crippen LogP contribution is 2.38. The quantitative estimate of drug-likeness (QED) is 0.854. The Labute approximate surface area is 115 Å². The van der Waals surface area contributed by atoms with E-state index in [2.05, 4.69) is 9.71 Å². The summed E-state index contributed by atoms with van der Waals surface area (Å²) in [6.45, 7) is 1.97. The molecule has 7 nitrogen and oxygen atoms in total. The van der Waals surface area contributed by atoms with E-state index in [0.717, 1.165) is 6.26 Å². The third-order valence-corrected chi connectivity index (χ3v) is 4.75. The molecular formula is C10H15N3O4S2. The molecule has 1 fully saturated rings. The number of nitrogens with zero attached hydrogens (tertiary/aromatic N) is 2. The van der Waals surface area contributed by atoms with Crippen molar-refractivity contribution in [1.82, 2.24) is 14.6 Å². The average molecular weight is 305 g/mol. The predicted octanol–water partition coefficient (Wildman–Crippen LogP) is 0.660. The normalized spacial score (nSPS) is 27.7. The smallest absolute Gasteiger partial charge is 0.407 e. The van der Waals surface area contributed by atoms with E-state index in [-0.39, 0.29) is 6.54 Å². The molecule has 0 aliphatic carbocycles. The van der Waals surface area contributed by atoms with E-state index in [1.54, 1.807) is 17.8 Å². The van der Waals surface area contributed by atoms with Gasteiger partial charge in [-0.15, -0.1) is 11.3 Å². The number of sulfonamides is 1. The first-order valence-corrected chi connectivity index (χ1v) is 8.47. The minimum Gasteiger partial charge on any atom is -0.465 e. The van der Waals surface area contributed by atoms with Crippen molar-refractivity contribution in [3.05, 3.63) is 16.6 Å². The third-order valence-electron chi connectivity index (χ3n) is 3.43. The zero-order chi connectivity index (χ0) is 14.3. The molecule has 2 N–H and O–H groups in total. The summed E-state index contributed by atoms with van der Waals surface area (Å²) in [4.78, 5) is 16.6. The lowest BCUT2D eigenvalue weighted by molar-refractivity contribution is 0.133. The molecule has 0 aromatic carbocycles. The van der Waals surface area contributed by atoms with Crippen LogP contribution in [0.1, 0.15) is 19.0 Å². The van der Waals surface area contributed by atoms with Crippen LogP contribution in [0.5, 0.6) is 0 Å². The van der Waals surface area contributed by atoms with Crippen LogP contribution in [0, 0.1) is 0 Å². The summed E-state index contributed by atoms with van der Waals surface area (Å²) < 4.78 is 25.8. The minimum atomic E-state index is -3.48. The van der Waals surface area contributed by atoms with Crippen LogP contribution in [0.25, 0.3) is 0 Å². The van der Waals surface area contributed by atoms with Gasteiger partial charge in [0.2, 0.25) is 10.0 Å². The van der Waals surface area contributed by atoms with Gasteiger partial charge in [-0.2, -0.15) is 0 Å². The van der Waals surface area contributed by atoms with Gasteiger partial charge >= 0.3 is 6.09 Å². The van der Waals surface area contributed by atoms with E-state index in [0.29, 0.717) is 12.1 Å². The lowest BCUT2D eigenvalue weighted by Crippen LogP contribution is -2.53. The number of amides is 1. The molecular weight excluding hydrogens is 290 g/mol. The van der Waals surface area contributed by atoms with Crippen LogP contribution in [0.15, 0.2) is 10.9 Å². The van der Waals surface area contributed by atoms with Crippen LogP contribution < -0.4 is 4.72 Å². The highest BCUT2D eigenvalue weighted by atomic mass is 32.2. The summed E-state index contributed by atoms with van der Waals surface area (Å²) in [6.07, 6.45) is 0.383. The largest absolute Gasteiger partial charge is 0.465 e. The number of likely N-dealkylation sites (tertiary alicyclic amines) is 1. The van der Waals surface area contributed by atoms with Crippen molar-refractivity contribution in [2.24, 2.45) is 0 Å². The molecule has 9 heteroatoms. The van der Waals surface area contributed by atoms with Gasteiger partial charge in [0.15, 0.2) is 0 Å². The monoisotopic (exact) mass is 305 g/mol. The number of aromatic nitrogens is 1. The Kier molecular flexibility index (Phi) is 3.54. The lowest BCUT2D eigenvalue weighted by Gasteiger charge is -2.33. The fourth-order valence-corrected chi connectivity index (χ4v) is 4.20. The first kappa shape index (κ1) is 14.2. The maximum Gasteiger partial charge on any atom is 0.407 e. The number of carboxylic acid groups (broad SMARTS) is 1. The second-order valence-corrected chi connectivity index (χ2v) is 7.09. The van der Waals surface area contributed by atoms with Crippen molar-refractivity contribution in [2.75, 3.05) is 12.8 Å². The Morgan fingerprint density at radius 2 is 2.37 bits per heavy atom. The Bertz CT molecular complexity index is 572. The van der Waals surface area contributed by atoms with Gasteiger partial charge in [-0.25, -0.2) is 22.9 Å². The standard InChI is InChI=1S/C10H15N3O4S2/c1-7-10(12-19(2,16)17,8-5-18-6-11-8)3-4-13(7)9(14)15/h5-7,12H,3-4H2,1-2H3,(H,14,15). The van der Waals surface area contributed by atoms with Crippen LogP contribution >= 0.6 is 11.3 Å². The molecule has 0 spiro atoms. The Morgan fingerprint density at radius 3 is 2.79 bits per heavy atom. The molecule has 0 bridgehead atoms. The highest BCUT2D eigenvalue weighted by Gasteiger charge is 2.50. The SMILES string of the molecule is CC1N(C(=O)O)CCC1(NS(C)(=O)=O)c1cscn1. The number of thiazole rings is 1. The molecule has 0 radical (unpaired) electrons. The maximum atomic E-state index is 11.6. The van der Waals surface area contributed by atoms with Crippen LogP contribution in [0.4, 0.5) is 4.79 Å². The number of carbonyl (C=O) groups is 1. The average Bonchev–Trinajstić information content (AvgIpc) is 2.86. The number of nitrogens with one attached hydrogen (secondary N) is 1. The summed E-state index contributed by atoms with van der Waals surface area (Å²) >= 11 is 1.35. The van der Waals surface area contributed by atoms with Crippen molar-refractivity contribution < 1.29 is 18.3 Å². The zero-order valence-electron chi connectivity index (χ0n) is 10.5. The fraction of sp³-hybridized carbons (Fsp3) is 0.600. The number of hydrogen-bond donors (Lipinski definition) is 2. The van der Waals surface area contributed by atoms with E-state index in [1.807, 2.05) is 0 Å². The molecule has 2 atom stereocenters. The van der Waals surface area contributed by atoms with Gasteiger partial charge < -0.3 is 10.0 Å². The summed E-state index contributed by atoms with van der Waals surface area (Å²) in [7, 11) is -3.48. The van der Waals surface area contributed by atoms with Gasteiger partial charge in [0.05, 0.1) is 29.0 Å². The van der Waals surface area contributed by atoms with Gasteiger partial charge in [0.25, 0.3) is 0 Å². The Balaban J connectivity index is 2.45. The first-order valence-electron chi connectivity index (χ1n) is 5.63. The third kappa shape index (κ3) is 2.58. The van der Waals surface area contributed by atoms with Gasteiger partial charge in [-0.05, 0) is 13.3 Å². The molecule has 1 saturated heterocycles. The summed E-state index contributed by atoms with van der Waals surface area (Å²) in [5, 5.41) is 10.9. The second kappa shape index (κ2) is 4.73.